The third-order valence-electron chi connectivity index (χ3n) is 9.91. The Kier molecular flexibility index (Phi) is 6.44. The Labute approximate surface area is 222 Å². The van der Waals surface area contributed by atoms with E-state index >= 15 is 0 Å². The van der Waals surface area contributed by atoms with Crippen molar-refractivity contribution in [3.05, 3.63) is 58.7 Å². The summed E-state index contributed by atoms with van der Waals surface area (Å²) < 4.78 is 5.96. The van der Waals surface area contributed by atoms with E-state index in [0.717, 1.165) is 16.7 Å². The number of fused-ring (bicyclic) bond motifs is 1. The van der Waals surface area contributed by atoms with Gasteiger partial charge in [-0.15, -0.1) is 0 Å². The van der Waals surface area contributed by atoms with E-state index < -0.39 is 64.8 Å². The van der Waals surface area contributed by atoms with Crippen LogP contribution in [0.3, 0.4) is 0 Å². The molecule has 0 bridgehead atoms. The fourth-order valence-corrected chi connectivity index (χ4v) is 8.03. The van der Waals surface area contributed by atoms with Gasteiger partial charge in [0.05, 0.1) is 6.10 Å². The van der Waals surface area contributed by atoms with E-state index in [2.05, 4.69) is 5.32 Å². The predicted molar refractivity (Wildman–Crippen MR) is 138 cm³/mol. The van der Waals surface area contributed by atoms with Gasteiger partial charge in [0.25, 0.3) is 0 Å². The second-order valence-electron chi connectivity index (χ2n) is 11.7. The number of ketones is 1. The van der Waals surface area contributed by atoms with E-state index in [0.29, 0.717) is 12.0 Å². The van der Waals surface area contributed by atoms with Crippen LogP contribution in [0, 0.1) is 29.1 Å². The van der Waals surface area contributed by atoms with Crippen LogP contribution in [0.4, 0.5) is 0 Å². The monoisotopic (exact) mass is 523 g/mol. The Morgan fingerprint density at radius 1 is 1.11 bits per heavy atom. The minimum atomic E-state index is -2.06. The Balaban J connectivity index is 1.73. The summed E-state index contributed by atoms with van der Waals surface area (Å²) in [6, 6.07) is 9.41. The summed E-state index contributed by atoms with van der Waals surface area (Å²) in [6.07, 6.45) is -1.15. The Morgan fingerprint density at radius 3 is 2.37 bits per heavy atom. The number of hydrogen-bond acceptors (Lipinski definition) is 7. The lowest BCUT2D eigenvalue weighted by molar-refractivity contribution is -0.204. The van der Waals surface area contributed by atoms with Crippen LogP contribution >= 0.6 is 0 Å². The van der Waals surface area contributed by atoms with Crippen LogP contribution < -0.4 is 5.32 Å². The van der Waals surface area contributed by atoms with Crippen molar-refractivity contribution in [1.29, 1.82) is 0 Å². The zero-order valence-corrected chi connectivity index (χ0v) is 22.5. The van der Waals surface area contributed by atoms with Crippen LogP contribution in [-0.2, 0) is 25.5 Å². The number of carbonyl (C=O) groups is 3. The van der Waals surface area contributed by atoms with Gasteiger partial charge in [0, 0.05) is 30.7 Å². The SMILES string of the molecule is CC(=O)OC1[C@H]2C(=C[C@H]3[C@@H](O)C(C)=C(C)[C@H]4[C@H](Cc5ccccc5)NC(=O)[C@@]134)C[C@H](C)[C@@](O)(C(C)=O)[C@@H]2O. The average molecular weight is 524 g/mol. The fourth-order valence-electron chi connectivity index (χ4n) is 8.03. The molecule has 1 unspecified atom stereocenters. The average Bonchev–Trinajstić information content (AvgIpc) is 3.14. The summed E-state index contributed by atoms with van der Waals surface area (Å²) in [6.45, 7) is 7.94. The number of aliphatic hydroxyl groups excluding tert-OH is 2. The van der Waals surface area contributed by atoms with Crippen LogP contribution in [0.15, 0.2) is 53.1 Å². The molecule has 2 fully saturated rings. The first-order valence-corrected chi connectivity index (χ1v) is 13.4. The zero-order chi connectivity index (χ0) is 27.7. The molecule has 4 aliphatic rings. The summed E-state index contributed by atoms with van der Waals surface area (Å²) in [5.74, 6) is -4.35. The number of Topliss-reactive ketones (excluding diaryl/α,β-unsaturated/α-hetero) is 1. The summed E-state index contributed by atoms with van der Waals surface area (Å²) in [5, 5.41) is 37.8. The lowest BCUT2D eigenvalue weighted by atomic mass is 9.47. The summed E-state index contributed by atoms with van der Waals surface area (Å²) in [7, 11) is 0. The van der Waals surface area contributed by atoms with Crippen LogP contribution in [-0.4, -0.2) is 62.9 Å². The van der Waals surface area contributed by atoms with E-state index in [1.54, 1.807) is 6.92 Å². The van der Waals surface area contributed by atoms with Gasteiger partial charge in [0.2, 0.25) is 5.91 Å². The maximum Gasteiger partial charge on any atom is 0.302 e. The maximum absolute atomic E-state index is 14.2. The third-order valence-corrected chi connectivity index (χ3v) is 9.91. The number of hydrogen-bond donors (Lipinski definition) is 4. The molecular weight excluding hydrogens is 486 g/mol. The molecule has 1 aromatic carbocycles. The first kappa shape index (κ1) is 26.8. The highest BCUT2D eigenvalue weighted by Crippen LogP contribution is 2.63. The lowest BCUT2D eigenvalue weighted by Crippen LogP contribution is -2.69. The first-order valence-electron chi connectivity index (χ1n) is 13.4. The quantitative estimate of drug-likeness (QED) is 0.350. The van der Waals surface area contributed by atoms with Gasteiger partial charge >= 0.3 is 5.97 Å². The van der Waals surface area contributed by atoms with Crippen molar-refractivity contribution < 1.29 is 34.4 Å². The molecule has 1 aromatic rings. The van der Waals surface area contributed by atoms with Gasteiger partial charge in [-0.3, -0.25) is 14.4 Å². The van der Waals surface area contributed by atoms with Gasteiger partial charge in [-0.05, 0) is 50.7 Å². The van der Waals surface area contributed by atoms with Crippen molar-refractivity contribution in [2.45, 2.75) is 77.4 Å². The van der Waals surface area contributed by atoms with E-state index in [9.17, 15) is 29.7 Å². The summed E-state index contributed by atoms with van der Waals surface area (Å²) in [4.78, 5) is 39.4. The van der Waals surface area contributed by atoms with Crippen molar-refractivity contribution in [1.82, 2.24) is 5.32 Å². The molecule has 10 atom stereocenters. The second kappa shape index (κ2) is 9.14. The Morgan fingerprint density at radius 2 is 1.76 bits per heavy atom. The van der Waals surface area contributed by atoms with Gasteiger partial charge in [0.1, 0.15) is 17.6 Å². The van der Waals surface area contributed by atoms with E-state index in [4.69, 9.17) is 4.74 Å². The smallest absolute Gasteiger partial charge is 0.302 e. The molecule has 1 saturated heterocycles. The van der Waals surface area contributed by atoms with Crippen LogP contribution in [0.5, 0.6) is 0 Å². The number of carbonyl (C=O) groups excluding carboxylic acids is 3. The number of nitrogens with one attached hydrogen (secondary N) is 1. The highest BCUT2D eigenvalue weighted by atomic mass is 16.5. The summed E-state index contributed by atoms with van der Waals surface area (Å²) >= 11 is 0. The lowest BCUT2D eigenvalue weighted by Gasteiger charge is -2.58. The topological polar surface area (TPSA) is 133 Å². The van der Waals surface area contributed by atoms with Gasteiger partial charge in [-0.25, -0.2) is 0 Å². The number of ether oxygens (including phenoxy) is 1. The minimum Gasteiger partial charge on any atom is -0.461 e. The molecule has 1 aliphatic heterocycles. The van der Waals surface area contributed by atoms with Crippen molar-refractivity contribution in [3.63, 3.8) is 0 Å². The highest BCUT2D eigenvalue weighted by Gasteiger charge is 2.73. The Hall–Kier alpha value is -2.81. The van der Waals surface area contributed by atoms with Gasteiger partial charge in [-0.1, -0.05) is 54.5 Å². The molecule has 8 heteroatoms. The molecule has 4 N–H and O–H groups in total. The number of amides is 1. The molecule has 5 rings (SSSR count). The Bertz CT molecular complexity index is 1240. The summed E-state index contributed by atoms with van der Waals surface area (Å²) in [5.41, 5.74) is -0.180. The van der Waals surface area contributed by atoms with Gasteiger partial charge in [0.15, 0.2) is 11.4 Å². The normalized spacial score (nSPS) is 41.9. The number of aliphatic hydroxyl groups is 3. The van der Waals surface area contributed by atoms with Gasteiger partial charge in [-0.2, -0.15) is 0 Å². The molecule has 1 amide bonds. The molecular formula is C30H37NO7. The van der Waals surface area contributed by atoms with E-state index in [-0.39, 0.29) is 18.4 Å². The van der Waals surface area contributed by atoms with Crippen molar-refractivity contribution in [3.8, 4) is 0 Å². The van der Waals surface area contributed by atoms with E-state index in [1.165, 1.54) is 13.8 Å². The molecule has 1 saturated carbocycles. The molecule has 1 spiro atoms. The van der Waals surface area contributed by atoms with E-state index in [1.807, 2.05) is 50.3 Å². The molecule has 38 heavy (non-hydrogen) atoms. The minimum absolute atomic E-state index is 0.260. The van der Waals surface area contributed by atoms with Crippen LogP contribution in [0.1, 0.15) is 46.6 Å². The van der Waals surface area contributed by atoms with Crippen LogP contribution in [0.2, 0.25) is 0 Å². The predicted octanol–water partition coefficient (Wildman–Crippen LogP) is 1.87. The third kappa shape index (κ3) is 3.50. The molecule has 1 heterocycles. The number of rotatable bonds is 4. The zero-order valence-electron chi connectivity index (χ0n) is 22.5. The van der Waals surface area contributed by atoms with Crippen molar-refractivity contribution in [2.75, 3.05) is 0 Å². The largest absolute Gasteiger partial charge is 0.461 e. The number of benzene rings is 1. The molecule has 8 nitrogen and oxygen atoms in total. The van der Waals surface area contributed by atoms with Gasteiger partial charge < -0.3 is 25.4 Å². The molecule has 0 aromatic heterocycles. The fraction of sp³-hybridized carbons (Fsp3) is 0.567. The second-order valence-corrected chi connectivity index (χ2v) is 11.7. The highest BCUT2D eigenvalue weighted by molar-refractivity contribution is 5.90. The first-order chi connectivity index (χ1) is 17.9. The van der Waals surface area contributed by atoms with Crippen LogP contribution in [0.25, 0.3) is 0 Å². The molecule has 3 aliphatic carbocycles. The number of esters is 1. The standard InChI is InChI=1S/C30H37NO7/c1-14-11-20-13-21-25(34)16(3)15(2)24-22(12-19-9-7-6-8-10-19)31-28(36)29(21,24)27(38-18(5)33)23(20)26(35)30(14,37)17(4)32/h6-10,13-14,21-27,34-35,37H,11-12H2,1-5H3,(H,31,36)/t14-,21-,22-,23-,24-,25-,26+,27?,29-,30+/m0/s1. The molecule has 0 radical (unpaired) electrons. The molecule has 204 valence electrons. The maximum atomic E-state index is 14.2. The van der Waals surface area contributed by atoms with Crippen molar-refractivity contribution in [2.24, 2.45) is 29.1 Å². The van der Waals surface area contributed by atoms with Crippen molar-refractivity contribution >= 4 is 17.7 Å².